The molecule has 1 saturated heterocycles. The number of carbonyl (C=O) groups excluding carboxylic acids is 1. The summed E-state index contributed by atoms with van der Waals surface area (Å²) >= 11 is 0. The molecular weight excluding hydrogens is 378 g/mol. The topological polar surface area (TPSA) is 35.6 Å². The van der Waals surface area contributed by atoms with Crippen molar-refractivity contribution in [3.8, 4) is 5.69 Å². The van der Waals surface area contributed by atoms with Crippen molar-refractivity contribution in [2.75, 3.05) is 49.6 Å². The van der Waals surface area contributed by atoms with E-state index in [9.17, 15) is 4.79 Å². The van der Waals surface area contributed by atoms with E-state index < -0.39 is 0 Å². The molecule has 5 heteroatoms. The minimum Gasteiger partial charge on any atom is -0.452 e. The van der Waals surface area contributed by atoms with E-state index >= 15 is 0 Å². The number of amides is 1. The molecule has 4 nitrogen and oxygen atoms in total. The number of hydrogen-bond donors (Lipinski definition) is 1. The molecule has 1 aromatic rings. The van der Waals surface area contributed by atoms with Crippen LogP contribution in [0.4, 0.5) is 5.69 Å². The molecule has 0 atom stereocenters. The summed E-state index contributed by atoms with van der Waals surface area (Å²) in [6.45, 7) is 8.04. The number of benzene rings is 1. The first-order valence-corrected chi connectivity index (χ1v) is 13.1. The first kappa shape index (κ1) is 22.3. The molecule has 1 aliphatic carbocycles. The zero-order valence-corrected chi connectivity index (χ0v) is 19.1. The summed E-state index contributed by atoms with van der Waals surface area (Å²) in [7, 11) is -0.301. The molecule has 0 spiro atoms. The van der Waals surface area contributed by atoms with Crippen molar-refractivity contribution in [3.63, 3.8) is 0 Å². The molecule has 0 bridgehead atoms. The van der Waals surface area contributed by atoms with E-state index in [0.717, 1.165) is 38.3 Å². The van der Waals surface area contributed by atoms with Crippen molar-refractivity contribution >= 4 is 21.9 Å². The van der Waals surface area contributed by atoms with E-state index in [0.29, 0.717) is 11.8 Å². The van der Waals surface area contributed by atoms with Gasteiger partial charge in [0.25, 0.3) is 0 Å². The Bertz CT molecular complexity index is 725. The Morgan fingerprint density at radius 3 is 2.55 bits per heavy atom. The van der Waals surface area contributed by atoms with Gasteiger partial charge >= 0.3 is 0 Å². The maximum Gasteiger partial charge on any atom is 0.199 e. The number of nitrogens with one attached hydrogen (secondary N) is 1. The zero-order valence-electron chi connectivity index (χ0n) is 18.2. The van der Waals surface area contributed by atoms with Gasteiger partial charge in [0.15, 0.2) is 5.91 Å². The van der Waals surface area contributed by atoms with Crippen LogP contribution in [0.3, 0.4) is 0 Å². The van der Waals surface area contributed by atoms with Crippen LogP contribution in [0.5, 0.6) is 0 Å². The Balaban J connectivity index is 1.33. The van der Waals surface area contributed by atoms with Gasteiger partial charge < -0.3 is 26.2 Å². The molecule has 0 aromatic heterocycles. The van der Waals surface area contributed by atoms with Gasteiger partial charge in [0.2, 0.25) is 0 Å². The van der Waals surface area contributed by atoms with Gasteiger partial charge in [-0.15, -0.1) is 6.26 Å². The second-order valence-electron chi connectivity index (χ2n) is 8.76. The lowest BCUT2D eigenvalue weighted by molar-refractivity contribution is -0.119. The highest BCUT2D eigenvalue weighted by Crippen LogP contribution is 2.27. The quantitative estimate of drug-likeness (QED) is 0.693. The van der Waals surface area contributed by atoms with Gasteiger partial charge in [-0.25, -0.2) is 0 Å². The Kier molecular flexibility index (Phi) is 8.53. The number of rotatable bonds is 7. The highest BCUT2D eigenvalue weighted by atomic mass is 32.2. The Morgan fingerprint density at radius 1 is 1.17 bits per heavy atom. The maximum atomic E-state index is 11.9. The standard InChI is InChI=1S/C24H38N3OS/c1-4-20-6-5-7-23(18-20)27-16-14-26(15-17-27)13-12-21-8-10-22(11-9-21)25-24(28)19-29(2)3/h2,5-7,18,21-22H,4,8-17,19H2,1,3H3,(H,25,28)/q-1. The number of anilines is 1. The van der Waals surface area contributed by atoms with Gasteiger partial charge in [-0.3, -0.25) is 9.69 Å². The number of piperazine rings is 1. The fraction of sp³-hybridized carbons (Fsp3) is 0.667. The average Bonchev–Trinajstić information content (AvgIpc) is 2.73. The van der Waals surface area contributed by atoms with Crippen LogP contribution in [0.1, 0.15) is 44.6 Å². The summed E-state index contributed by atoms with van der Waals surface area (Å²) in [6, 6.07) is 9.38. The Labute approximate surface area is 179 Å². The van der Waals surface area contributed by atoms with E-state index in [1.165, 1.54) is 50.1 Å². The highest BCUT2D eigenvalue weighted by Gasteiger charge is 2.23. The third-order valence-electron chi connectivity index (χ3n) is 6.48. The van der Waals surface area contributed by atoms with Crippen LogP contribution >= 0.6 is 0 Å². The number of hydrogen-bond acceptors (Lipinski definition) is 4. The van der Waals surface area contributed by atoms with Crippen LogP contribution < -0.4 is 10.2 Å². The minimum absolute atomic E-state index is 0.129. The van der Waals surface area contributed by atoms with Crippen molar-refractivity contribution in [3.05, 3.63) is 29.8 Å². The smallest absolute Gasteiger partial charge is 0.199 e. The highest BCUT2D eigenvalue weighted by molar-refractivity contribution is 7.86. The third kappa shape index (κ3) is 7.09. The number of nitrogens with zero attached hydrogens (tertiary/aromatic N) is 2. The van der Waals surface area contributed by atoms with E-state index in [2.05, 4.69) is 46.3 Å². The zero-order chi connectivity index (χ0) is 20.6. The lowest BCUT2D eigenvalue weighted by atomic mass is 9.84. The summed E-state index contributed by atoms with van der Waals surface area (Å²) in [5, 5.41) is 3.18. The maximum absolute atomic E-state index is 11.9. The molecule has 3 rings (SSSR count). The predicted molar refractivity (Wildman–Crippen MR) is 126 cm³/mol. The second-order valence-corrected chi connectivity index (χ2v) is 10.4. The molecule has 1 N–H and O–H groups in total. The van der Waals surface area contributed by atoms with Crippen LogP contribution in [-0.4, -0.2) is 61.6 Å². The fourth-order valence-corrected chi connectivity index (χ4v) is 5.14. The lowest BCUT2D eigenvalue weighted by Gasteiger charge is -2.37. The molecule has 0 radical (unpaired) electrons. The van der Waals surface area contributed by atoms with Crippen molar-refractivity contribution in [1.29, 1.82) is 0 Å². The largest absolute Gasteiger partial charge is 0.452 e. The second kappa shape index (κ2) is 11.1. The van der Waals surface area contributed by atoms with Gasteiger partial charge in [0.05, 0.1) is 0 Å². The molecule has 2 fully saturated rings. The van der Waals surface area contributed by atoms with E-state index in [-0.39, 0.29) is 16.2 Å². The minimum atomic E-state index is -0.301. The van der Waals surface area contributed by atoms with E-state index in [1.54, 1.807) is 0 Å². The van der Waals surface area contributed by atoms with E-state index in [1.807, 2.05) is 6.26 Å². The van der Waals surface area contributed by atoms with Crippen LogP contribution in [0.2, 0.25) is 0 Å². The number of carbonyl (C=O) groups is 1. The van der Waals surface area contributed by atoms with Crippen molar-refractivity contribution in [2.24, 2.45) is 5.92 Å². The first-order chi connectivity index (χ1) is 14.0. The van der Waals surface area contributed by atoms with Gasteiger partial charge in [-0.1, -0.05) is 24.8 Å². The van der Waals surface area contributed by atoms with Crippen molar-refractivity contribution in [2.45, 2.75) is 51.5 Å². The molecule has 1 aliphatic heterocycles. The van der Waals surface area contributed by atoms with Gasteiger partial charge in [-0.05, 0) is 68.7 Å². The van der Waals surface area contributed by atoms with Crippen molar-refractivity contribution in [1.82, 2.24) is 10.2 Å². The number of aryl methyl sites for hydroxylation is 1. The van der Waals surface area contributed by atoms with Crippen LogP contribution in [0, 0.1) is 11.6 Å². The average molecular weight is 417 g/mol. The molecule has 1 amide bonds. The van der Waals surface area contributed by atoms with Gasteiger partial charge in [-0.2, -0.15) is 0 Å². The summed E-state index contributed by atoms with van der Waals surface area (Å²) in [5.41, 5.74) is 8.55. The molecule has 2 aliphatic rings. The lowest BCUT2D eigenvalue weighted by Crippen LogP contribution is -2.47. The summed E-state index contributed by atoms with van der Waals surface area (Å²) in [4.78, 5) is 17.1. The van der Waals surface area contributed by atoms with Crippen LogP contribution in [0.25, 0.3) is 0 Å². The molecule has 29 heavy (non-hydrogen) atoms. The molecule has 162 valence electrons. The fourth-order valence-electron chi connectivity index (χ4n) is 4.64. The monoisotopic (exact) mass is 416 g/mol. The summed E-state index contributed by atoms with van der Waals surface area (Å²) < 4.78 is 0. The predicted octanol–water partition coefficient (Wildman–Crippen LogP) is 3.27. The Morgan fingerprint density at radius 2 is 1.90 bits per heavy atom. The van der Waals surface area contributed by atoms with E-state index in [4.69, 9.17) is 5.69 Å². The van der Waals surface area contributed by atoms with Crippen LogP contribution in [-0.2, 0) is 21.5 Å². The van der Waals surface area contributed by atoms with Gasteiger partial charge in [0.1, 0.15) is 0 Å². The third-order valence-corrected chi connectivity index (χ3v) is 7.20. The van der Waals surface area contributed by atoms with Gasteiger partial charge in [0, 0.05) is 37.9 Å². The summed E-state index contributed by atoms with van der Waals surface area (Å²) in [5.74, 6) is 1.41. The SMILES string of the molecule is C#[S-](C)CC(=O)NC1CCC(CCN2CCN(c3cccc(CC)c3)CC2)CC1. The normalized spacial score (nSPS) is 23.3. The molecule has 1 heterocycles. The molecular formula is C24H38N3OS-. The molecule has 0 unspecified atom stereocenters. The first-order valence-electron chi connectivity index (χ1n) is 11.3. The van der Waals surface area contributed by atoms with Crippen molar-refractivity contribution < 1.29 is 4.79 Å². The Hall–Kier alpha value is -1.42. The molecule has 1 aromatic carbocycles. The molecule has 1 saturated carbocycles. The van der Waals surface area contributed by atoms with Crippen LogP contribution in [0.15, 0.2) is 24.3 Å². The summed E-state index contributed by atoms with van der Waals surface area (Å²) in [6.07, 6.45) is 9.06.